The molecule has 1 aliphatic heterocycles. The van der Waals surface area contributed by atoms with Gasteiger partial charge in [-0.15, -0.1) is 0 Å². The van der Waals surface area contributed by atoms with E-state index in [1.165, 1.54) is 0 Å². The van der Waals surface area contributed by atoms with Gasteiger partial charge in [-0.05, 0) is 28.7 Å². The number of amides is 3. The molecule has 0 bridgehead atoms. The van der Waals surface area contributed by atoms with Crippen LogP contribution in [0.4, 0.5) is 4.79 Å². The van der Waals surface area contributed by atoms with E-state index in [0.717, 1.165) is 35.2 Å². The van der Waals surface area contributed by atoms with Gasteiger partial charge in [0.1, 0.15) is 0 Å². The van der Waals surface area contributed by atoms with Gasteiger partial charge in [-0.1, -0.05) is 84.9 Å². The van der Waals surface area contributed by atoms with E-state index < -0.39 is 0 Å². The van der Waals surface area contributed by atoms with Crippen LogP contribution >= 0.6 is 0 Å². The number of benzene rings is 3. The summed E-state index contributed by atoms with van der Waals surface area (Å²) in [6.07, 6.45) is 1.55. The molecule has 0 aromatic heterocycles. The van der Waals surface area contributed by atoms with E-state index in [2.05, 4.69) is 10.6 Å². The number of urea groups is 1. The summed E-state index contributed by atoms with van der Waals surface area (Å²) in [6, 6.07) is 27.4. The molecule has 0 spiro atoms. The molecule has 158 valence electrons. The highest BCUT2D eigenvalue weighted by Gasteiger charge is 2.21. The van der Waals surface area contributed by atoms with Gasteiger partial charge >= 0.3 is 6.03 Å². The van der Waals surface area contributed by atoms with Gasteiger partial charge < -0.3 is 15.5 Å². The largest absolute Gasteiger partial charge is 0.338 e. The first kappa shape index (κ1) is 20.7. The van der Waals surface area contributed by atoms with E-state index in [-0.39, 0.29) is 18.0 Å². The van der Waals surface area contributed by atoms with Gasteiger partial charge in [0.05, 0.1) is 6.04 Å². The lowest BCUT2D eigenvalue weighted by atomic mass is 9.99. The summed E-state index contributed by atoms with van der Waals surface area (Å²) in [5, 5.41) is 6.10. The third-order valence-corrected chi connectivity index (χ3v) is 5.63. The number of carbonyl (C=O) groups is 2. The average molecular weight is 414 g/mol. The highest BCUT2D eigenvalue weighted by atomic mass is 16.2. The Bertz CT molecular complexity index is 982. The van der Waals surface area contributed by atoms with Crippen LogP contribution in [0.5, 0.6) is 0 Å². The fourth-order valence-electron chi connectivity index (χ4n) is 3.97. The van der Waals surface area contributed by atoms with Gasteiger partial charge in [0.2, 0.25) is 5.91 Å². The third-order valence-electron chi connectivity index (χ3n) is 5.63. The maximum Gasteiger partial charge on any atom is 0.315 e. The van der Waals surface area contributed by atoms with Crippen LogP contribution in [0.3, 0.4) is 0 Å². The maximum absolute atomic E-state index is 12.8. The van der Waals surface area contributed by atoms with Crippen LogP contribution < -0.4 is 10.6 Å². The van der Waals surface area contributed by atoms with E-state index >= 15 is 0 Å². The topological polar surface area (TPSA) is 61.4 Å². The van der Waals surface area contributed by atoms with Crippen molar-refractivity contribution in [3.63, 3.8) is 0 Å². The molecule has 3 aromatic rings. The summed E-state index contributed by atoms with van der Waals surface area (Å²) in [6.45, 7) is 1.80. The number of nitrogens with one attached hydrogen (secondary N) is 2. The minimum absolute atomic E-state index is 0.203. The Morgan fingerprint density at radius 3 is 2.00 bits per heavy atom. The standard InChI is InChI=1S/C26H27N3O2/c30-24-16-9-17-29(24)19-23-15-8-7-14-22(23)18-27-26(31)28-25(20-10-3-1-4-11-20)21-12-5-2-6-13-21/h1-8,10-15,25H,9,16-19H2,(H2,27,28,31). The molecule has 1 fully saturated rings. The van der Waals surface area contributed by atoms with Gasteiger partial charge in [0, 0.05) is 26.1 Å². The molecule has 0 radical (unpaired) electrons. The van der Waals surface area contributed by atoms with Crippen LogP contribution in [0.15, 0.2) is 84.9 Å². The predicted molar refractivity (Wildman–Crippen MR) is 121 cm³/mol. The second-order valence-corrected chi connectivity index (χ2v) is 7.77. The minimum atomic E-state index is -0.236. The molecular formula is C26H27N3O2. The second kappa shape index (κ2) is 9.94. The van der Waals surface area contributed by atoms with E-state index in [9.17, 15) is 9.59 Å². The van der Waals surface area contributed by atoms with Gasteiger partial charge in [-0.25, -0.2) is 4.79 Å². The number of likely N-dealkylation sites (tertiary alicyclic amines) is 1. The molecule has 1 aliphatic rings. The van der Waals surface area contributed by atoms with Crippen molar-refractivity contribution in [1.29, 1.82) is 0 Å². The Kier molecular flexibility index (Phi) is 6.62. The van der Waals surface area contributed by atoms with Crippen molar-refractivity contribution in [3.8, 4) is 0 Å². The lowest BCUT2D eigenvalue weighted by Crippen LogP contribution is -2.38. The van der Waals surface area contributed by atoms with Crippen molar-refractivity contribution >= 4 is 11.9 Å². The molecule has 4 rings (SSSR count). The summed E-state index contributed by atoms with van der Waals surface area (Å²) >= 11 is 0. The normalized spacial score (nSPS) is 13.5. The van der Waals surface area contributed by atoms with Crippen molar-refractivity contribution in [2.24, 2.45) is 0 Å². The summed E-state index contributed by atoms with van der Waals surface area (Å²) < 4.78 is 0. The molecule has 0 atom stereocenters. The fraction of sp³-hybridized carbons (Fsp3) is 0.231. The zero-order valence-corrected chi connectivity index (χ0v) is 17.5. The molecule has 2 N–H and O–H groups in total. The van der Waals surface area contributed by atoms with Crippen molar-refractivity contribution in [3.05, 3.63) is 107 Å². The van der Waals surface area contributed by atoms with Crippen LogP contribution in [0.1, 0.15) is 41.1 Å². The van der Waals surface area contributed by atoms with Gasteiger partial charge in [0.25, 0.3) is 0 Å². The number of nitrogens with zero attached hydrogens (tertiary/aromatic N) is 1. The molecule has 0 unspecified atom stereocenters. The van der Waals surface area contributed by atoms with E-state index in [1.54, 1.807) is 0 Å². The molecule has 1 heterocycles. The van der Waals surface area contributed by atoms with E-state index in [1.807, 2.05) is 89.8 Å². The third kappa shape index (κ3) is 5.31. The molecule has 3 aromatic carbocycles. The minimum Gasteiger partial charge on any atom is -0.338 e. The zero-order valence-electron chi connectivity index (χ0n) is 17.5. The smallest absolute Gasteiger partial charge is 0.315 e. The summed E-state index contributed by atoms with van der Waals surface area (Å²) in [5.74, 6) is 0.203. The van der Waals surface area contributed by atoms with Crippen molar-refractivity contribution in [1.82, 2.24) is 15.5 Å². The first-order valence-electron chi connectivity index (χ1n) is 10.7. The number of hydrogen-bond donors (Lipinski definition) is 2. The lowest BCUT2D eigenvalue weighted by molar-refractivity contribution is -0.128. The van der Waals surface area contributed by atoms with Gasteiger partial charge in [-0.3, -0.25) is 4.79 Å². The van der Waals surface area contributed by atoms with Crippen LogP contribution in [0.2, 0.25) is 0 Å². The summed E-state index contributed by atoms with van der Waals surface area (Å²) in [5.41, 5.74) is 4.14. The molecular weight excluding hydrogens is 386 g/mol. The van der Waals surface area contributed by atoms with Crippen LogP contribution in [-0.2, 0) is 17.9 Å². The SMILES string of the molecule is O=C(NCc1ccccc1CN1CCCC1=O)NC(c1ccccc1)c1ccccc1. The van der Waals surface area contributed by atoms with Crippen molar-refractivity contribution in [2.45, 2.75) is 32.0 Å². The quantitative estimate of drug-likeness (QED) is 0.603. The first-order chi connectivity index (χ1) is 15.2. The summed E-state index contributed by atoms with van der Waals surface area (Å²) in [4.78, 5) is 26.7. The Hall–Kier alpha value is -3.60. The number of hydrogen-bond acceptors (Lipinski definition) is 2. The van der Waals surface area contributed by atoms with E-state index in [0.29, 0.717) is 19.5 Å². The Balaban J connectivity index is 1.43. The predicted octanol–water partition coefficient (Wildman–Crippen LogP) is 4.40. The van der Waals surface area contributed by atoms with Gasteiger partial charge in [-0.2, -0.15) is 0 Å². The second-order valence-electron chi connectivity index (χ2n) is 7.77. The first-order valence-corrected chi connectivity index (χ1v) is 10.7. The van der Waals surface area contributed by atoms with Crippen LogP contribution in [0.25, 0.3) is 0 Å². The molecule has 1 saturated heterocycles. The maximum atomic E-state index is 12.8. The Morgan fingerprint density at radius 2 is 1.42 bits per heavy atom. The summed E-state index contributed by atoms with van der Waals surface area (Å²) in [7, 11) is 0. The van der Waals surface area contributed by atoms with E-state index in [4.69, 9.17) is 0 Å². The molecule has 31 heavy (non-hydrogen) atoms. The zero-order chi connectivity index (χ0) is 21.5. The van der Waals surface area contributed by atoms with Gasteiger partial charge in [0.15, 0.2) is 0 Å². The monoisotopic (exact) mass is 413 g/mol. The highest BCUT2D eigenvalue weighted by molar-refractivity contribution is 5.78. The van der Waals surface area contributed by atoms with Crippen LogP contribution in [-0.4, -0.2) is 23.4 Å². The lowest BCUT2D eigenvalue weighted by Gasteiger charge is -2.21. The van der Waals surface area contributed by atoms with Crippen molar-refractivity contribution in [2.75, 3.05) is 6.54 Å². The fourth-order valence-corrected chi connectivity index (χ4v) is 3.97. The molecule has 3 amide bonds. The molecule has 0 saturated carbocycles. The molecule has 5 nitrogen and oxygen atoms in total. The number of rotatable bonds is 7. The molecule has 0 aliphatic carbocycles. The average Bonchev–Trinajstić information content (AvgIpc) is 3.22. The molecule has 5 heteroatoms. The van der Waals surface area contributed by atoms with Crippen LogP contribution in [0, 0.1) is 0 Å². The highest BCUT2D eigenvalue weighted by Crippen LogP contribution is 2.22. The Labute approximate surface area is 183 Å². The number of carbonyl (C=O) groups excluding carboxylic acids is 2. The Morgan fingerprint density at radius 1 is 0.839 bits per heavy atom. The van der Waals surface area contributed by atoms with Crippen molar-refractivity contribution < 1.29 is 9.59 Å².